The largest absolute Gasteiger partial charge is 0.484 e. The second kappa shape index (κ2) is 8.48. The van der Waals surface area contributed by atoms with Crippen molar-refractivity contribution in [1.82, 2.24) is 15.4 Å². The molecule has 8 nitrogen and oxygen atoms in total. The number of hydrazine groups is 1. The lowest BCUT2D eigenvalue weighted by atomic mass is 10.3. The van der Waals surface area contributed by atoms with Crippen LogP contribution in [0.2, 0.25) is 0 Å². The van der Waals surface area contributed by atoms with E-state index in [1.54, 1.807) is 24.3 Å². The van der Waals surface area contributed by atoms with Gasteiger partial charge in [0.2, 0.25) is 0 Å². The lowest BCUT2D eigenvalue weighted by Crippen LogP contribution is -2.34. The van der Waals surface area contributed by atoms with Crippen LogP contribution in [0.1, 0.15) is 0 Å². The standard InChI is InChI=1S/C18H17FN6O2/c19-12-6-8-13(9-7-12)23-17-16(20)18(22-11-21-17)25-24-15(26)10-27-14-4-2-1-3-5-14/h1-9,11H,10,20H2,(H,24,26)(H2,21,22,23,25). The Morgan fingerprint density at radius 2 is 1.74 bits per heavy atom. The van der Waals surface area contributed by atoms with Crippen LogP contribution in [-0.2, 0) is 4.79 Å². The highest BCUT2D eigenvalue weighted by Crippen LogP contribution is 2.25. The Kier molecular flexibility index (Phi) is 5.63. The van der Waals surface area contributed by atoms with Gasteiger partial charge in [0, 0.05) is 5.69 Å². The monoisotopic (exact) mass is 368 g/mol. The van der Waals surface area contributed by atoms with Crippen LogP contribution in [0.25, 0.3) is 0 Å². The molecule has 1 amide bonds. The molecule has 0 unspecified atom stereocenters. The molecule has 9 heteroatoms. The molecule has 0 aliphatic carbocycles. The Balaban J connectivity index is 1.57. The Hall–Kier alpha value is -3.88. The van der Waals surface area contributed by atoms with E-state index in [2.05, 4.69) is 26.1 Å². The van der Waals surface area contributed by atoms with Gasteiger partial charge in [-0.05, 0) is 36.4 Å². The number of hydrogen-bond donors (Lipinski definition) is 4. The Morgan fingerprint density at radius 1 is 1.04 bits per heavy atom. The first kappa shape index (κ1) is 17.9. The number of nitrogens with zero attached hydrogens (tertiary/aromatic N) is 2. The van der Waals surface area contributed by atoms with Crippen molar-refractivity contribution in [3.05, 3.63) is 66.7 Å². The summed E-state index contributed by atoms with van der Waals surface area (Å²) in [7, 11) is 0. The van der Waals surface area contributed by atoms with Crippen LogP contribution in [0, 0.1) is 5.82 Å². The van der Waals surface area contributed by atoms with Crippen molar-refractivity contribution in [1.29, 1.82) is 0 Å². The quantitative estimate of drug-likeness (QED) is 0.474. The molecule has 3 rings (SSSR count). The molecule has 27 heavy (non-hydrogen) atoms. The van der Waals surface area contributed by atoms with Crippen LogP contribution in [0.5, 0.6) is 5.75 Å². The lowest BCUT2D eigenvalue weighted by Gasteiger charge is -2.13. The van der Waals surface area contributed by atoms with E-state index < -0.39 is 5.91 Å². The van der Waals surface area contributed by atoms with Gasteiger partial charge < -0.3 is 15.8 Å². The Morgan fingerprint density at radius 3 is 2.48 bits per heavy atom. The third kappa shape index (κ3) is 5.05. The molecule has 3 aromatic rings. The molecule has 5 N–H and O–H groups in total. The van der Waals surface area contributed by atoms with Crippen LogP contribution in [0.15, 0.2) is 60.9 Å². The van der Waals surface area contributed by atoms with E-state index in [-0.39, 0.29) is 23.9 Å². The van der Waals surface area contributed by atoms with Crippen LogP contribution >= 0.6 is 0 Å². The smallest absolute Gasteiger partial charge is 0.276 e. The van der Waals surface area contributed by atoms with Crippen molar-refractivity contribution >= 4 is 28.9 Å². The molecule has 0 aliphatic heterocycles. The number of hydrogen-bond acceptors (Lipinski definition) is 7. The second-order valence-electron chi connectivity index (χ2n) is 5.39. The molecule has 138 valence electrons. The van der Waals surface area contributed by atoms with Gasteiger partial charge in [-0.25, -0.2) is 14.4 Å². The fourth-order valence-corrected chi connectivity index (χ4v) is 2.10. The molecule has 1 heterocycles. The van der Waals surface area contributed by atoms with E-state index >= 15 is 0 Å². The summed E-state index contributed by atoms with van der Waals surface area (Å²) in [6, 6.07) is 14.7. The predicted octanol–water partition coefficient (Wildman–Crippen LogP) is 2.46. The Labute approximate surface area is 154 Å². The van der Waals surface area contributed by atoms with Gasteiger partial charge in [-0.3, -0.25) is 15.6 Å². The number of nitrogen functional groups attached to an aromatic ring is 1. The lowest BCUT2D eigenvalue weighted by molar-refractivity contribution is -0.122. The molecule has 0 bridgehead atoms. The molecular weight excluding hydrogens is 351 g/mol. The number of halogens is 1. The summed E-state index contributed by atoms with van der Waals surface area (Å²) in [6.07, 6.45) is 1.27. The minimum atomic E-state index is -0.412. The van der Waals surface area contributed by atoms with Crippen LogP contribution in [0.3, 0.4) is 0 Å². The summed E-state index contributed by atoms with van der Waals surface area (Å²) in [5, 5.41) is 2.95. The highest BCUT2D eigenvalue weighted by atomic mass is 19.1. The SMILES string of the molecule is Nc1c(NNC(=O)COc2ccccc2)ncnc1Nc1ccc(F)cc1. The van der Waals surface area contributed by atoms with Crippen molar-refractivity contribution in [3.8, 4) is 5.75 Å². The number of benzene rings is 2. The van der Waals surface area contributed by atoms with Gasteiger partial charge in [0.15, 0.2) is 18.2 Å². The number of carbonyl (C=O) groups excluding carboxylic acids is 1. The van der Waals surface area contributed by atoms with Gasteiger partial charge in [0.25, 0.3) is 5.91 Å². The molecule has 0 radical (unpaired) electrons. The molecule has 0 aliphatic rings. The zero-order valence-corrected chi connectivity index (χ0v) is 14.1. The zero-order valence-electron chi connectivity index (χ0n) is 14.1. The predicted molar refractivity (Wildman–Crippen MR) is 99.8 cm³/mol. The summed E-state index contributed by atoms with van der Waals surface area (Å²) >= 11 is 0. The van der Waals surface area contributed by atoms with Gasteiger partial charge >= 0.3 is 0 Å². The first-order valence-corrected chi connectivity index (χ1v) is 7.97. The Bertz CT molecular complexity index is 905. The van der Waals surface area contributed by atoms with Crippen molar-refractivity contribution in [2.75, 3.05) is 23.1 Å². The average molecular weight is 368 g/mol. The number of para-hydroxylation sites is 1. The van der Waals surface area contributed by atoms with Crippen molar-refractivity contribution in [2.45, 2.75) is 0 Å². The normalized spacial score (nSPS) is 10.1. The van der Waals surface area contributed by atoms with Gasteiger partial charge in [-0.1, -0.05) is 18.2 Å². The van der Waals surface area contributed by atoms with Crippen molar-refractivity contribution in [2.24, 2.45) is 0 Å². The number of aromatic nitrogens is 2. The number of anilines is 4. The maximum Gasteiger partial charge on any atom is 0.276 e. The number of nitrogens with two attached hydrogens (primary N) is 1. The molecule has 1 aromatic heterocycles. The first-order chi connectivity index (χ1) is 13.1. The number of carbonyl (C=O) groups is 1. The van der Waals surface area contributed by atoms with Gasteiger partial charge in [0.05, 0.1) is 0 Å². The summed E-state index contributed by atoms with van der Waals surface area (Å²) in [4.78, 5) is 19.9. The van der Waals surface area contributed by atoms with Crippen LogP contribution < -0.4 is 26.6 Å². The number of amides is 1. The van der Waals surface area contributed by atoms with Gasteiger partial charge in [0.1, 0.15) is 23.6 Å². The van der Waals surface area contributed by atoms with E-state index in [9.17, 15) is 9.18 Å². The fraction of sp³-hybridized carbons (Fsp3) is 0.0556. The second-order valence-corrected chi connectivity index (χ2v) is 5.39. The van der Waals surface area contributed by atoms with E-state index in [0.717, 1.165) is 0 Å². The molecule has 0 saturated heterocycles. The number of rotatable bonds is 7. The van der Waals surface area contributed by atoms with E-state index in [1.807, 2.05) is 18.2 Å². The highest BCUT2D eigenvalue weighted by Gasteiger charge is 2.10. The topological polar surface area (TPSA) is 114 Å². The minimum absolute atomic E-state index is 0.178. The fourth-order valence-electron chi connectivity index (χ4n) is 2.10. The summed E-state index contributed by atoms with van der Waals surface area (Å²) < 4.78 is 18.3. The highest BCUT2D eigenvalue weighted by molar-refractivity contribution is 5.82. The maximum atomic E-state index is 13.0. The molecule has 0 spiro atoms. The number of nitrogens with one attached hydrogen (secondary N) is 3. The van der Waals surface area contributed by atoms with Gasteiger partial charge in [-0.15, -0.1) is 0 Å². The molecule has 2 aromatic carbocycles. The van der Waals surface area contributed by atoms with Crippen molar-refractivity contribution in [3.63, 3.8) is 0 Å². The van der Waals surface area contributed by atoms with E-state index in [0.29, 0.717) is 17.3 Å². The third-order valence-electron chi connectivity index (χ3n) is 3.42. The van der Waals surface area contributed by atoms with E-state index in [1.165, 1.54) is 18.5 Å². The summed E-state index contributed by atoms with van der Waals surface area (Å²) in [5.74, 6) is 0.348. The van der Waals surface area contributed by atoms with Gasteiger partial charge in [-0.2, -0.15) is 0 Å². The van der Waals surface area contributed by atoms with Crippen LogP contribution in [0.4, 0.5) is 27.4 Å². The van der Waals surface area contributed by atoms with Crippen LogP contribution in [-0.4, -0.2) is 22.5 Å². The average Bonchev–Trinajstić information content (AvgIpc) is 2.69. The third-order valence-corrected chi connectivity index (χ3v) is 3.42. The summed E-state index contributed by atoms with van der Waals surface area (Å²) in [6.45, 7) is -0.178. The van der Waals surface area contributed by atoms with E-state index in [4.69, 9.17) is 10.5 Å². The molecule has 0 atom stereocenters. The maximum absolute atomic E-state index is 13.0. The molecule has 0 fully saturated rings. The molecular formula is C18H17FN6O2. The zero-order chi connectivity index (χ0) is 19.1. The molecule has 0 saturated carbocycles. The number of ether oxygens (including phenoxy) is 1. The summed E-state index contributed by atoms with van der Waals surface area (Å²) in [5.41, 5.74) is 11.9. The minimum Gasteiger partial charge on any atom is -0.484 e. The van der Waals surface area contributed by atoms with Crippen molar-refractivity contribution < 1.29 is 13.9 Å². The first-order valence-electron chi connectivity index (χ1n) is 7.97.